The van der Waals surface area contributed by atoms with Crippen LogP contribution in [0, 0.1) is 0 Å². The van der Waals surface area contributed by atoms with Crippen molar-refractivity contribution in [1.29, 1.82) is 0 Å². The normalized spacial score (nSPS) is 17.4. The molecule has 0 saturated heterocycles. The molecule has 0 radical (unpaired) electrons. The molecule has 0 fully saturated rings. The molecule has 1 unspecified atom stereocenters. The standard InChI is InChI=1S/C21H17N3O/c1-3-16-17(4-2)21(25)24(20(16)14-8-6-5-7-9-14)15-10-11-18-19(12-15)23-13-22-18/h3-13,20H,1-2H2,(H,22,23). The summed E-state index contributed by atoms with van der Waals surface area (Å²) in [6.07, 6.45) is 5.02. The summed E-state index contributed by atoms with van der Waals surface area (Å²) >= 11 is 0. The van der Waals surface area contributed by atoms with Crippen molar-refractivity contribution in [3.8, 4) is 0 Å². The Morgan fingerprint density at radius 2 is 1.88 bits per heavy atom. The highest BCUT2D eigenvalue weighted by molar-refractivity contribution is 6.13. The van der Waals surface area contributed by atoms with E-state index < -0.39 is 0 Å². The molecule has 3 aromatic rings. The van der Waals surface area contributed by atoms with Crippen molar-refractivity contribution in [2.45, 2.75) is 6.04 Å². The Bertz CT molecular complexity index is 1010. The van der Waals surface area contributed by atoms with Gasteiger partial charge >= 0.3 is 0 Å². The second-order valence-corrected chi connectivity index (χ2v) is 5.87. The fourth-order valence-corrected chi connectivity index (χ4v) is 3.39. The topological polar surface area (TPSA) is 49.0 Å². The summed E-state index contributed by atoms with van der Waals surface area (Å²) in [5, 5.41) is 0. The van der Waals surface area contributed by atoms with Crippen LogP contribution in [0.4, 0.5) is 5.69 Å². The molecule has 4 nitrogen and oxygen atoms in total. The molecular formula is C21H17N3O. The first kappa shape index (κ1) is 15.1. The summed E-state index contributed by atoms with van der Waals surface area (Å²) in [5.41, 5.74) is 5.07. The molecule has 2 aromatic carbocycles. The molecular weight excluding hydrogens is 310 g/mol. The average molecular weight is 327 g/mol. The quantitative estimate of drug-likeness (QED) is 0.776. The van der Waals surface area contributed by atoms with Gasteiger partial charge in [0, 0.05) is 11.3 Å². The van der Waals surface area contributed by atoms with Crippen LogP contribution in [0.25, 0.3) is 11.0 Å². The number of aromatic amines is 1. The maximum Gasteiger partial charge on any atom is 0.259 e. The first-order chi connectivity index (χ1) is 12.2. The van der Waals surface area contributed by atoms with Crippen molar-refractivity contribution in [2.24, 2.45) is 0 Å². The fraction of sp³-hybridized carbons (Fsp3) is 0.0476. The SMILES string of the molecule is C=CC1=C(C=C)C(c2ccccc2)N(c2ccc3nc[nH]c3c2)C1=O. The first-order valence-corrected chi connectivity index (χ1v) is 8.05. The van der Waals surface area contributed by atoms with Crippen LogP contribution in [0.15, 0.2) is 91.3 Å². The zero-order chi connectivity index (χ0) is 17.4. The lowest BCUT2D eigenvalue weighted by atomic mass is 9.97. The molecule has 0 bridgehead atoms. The van der Waals surface area contributed by atoms with Crippen molar-refractivity contribution in [3.05, 3.63) is 96.9 Å². The Balaban J connectivity index is 1.91. The predicted octanol–water partition coefficient (Wildman–Crippen LogP) is 4.32. The third-order valence-corrected chi connectivity index (χ3v) is 4.53. The van der Waals surface area contributed by atoms with Gasteiger partial charge < -0.3 is 4.98 Å². The van der Waals surface area contributed by atoms with Crippen molar-refractivity contribution >= 4 is 22.6 Å². The Kier molecular flexibility index (Phi) is 3.58. The molecule has 0 spiro atoms. The van der Waals surface area contributed by atoms with Crippen molar-refractivity contribution in [1.82, 2.24) is 9.97 Å². The maximum atomic E-state index is 13.1. The second-order valence-electron chi connectivity index (χ2n) is 5.87. The van der Waals surface area contributed by atoms with Gasteiger partial charge in [0.15, 0.2) is 0 Å². The van der Waals surface area contributed by atoms with E-state index in [9.17, 15) is 4.79 Å². The van der Waals surface area contributed by atoms with Gasteiger partial charge in [0.25, 0.3) is 5.91 Å². The van der Waals surface area contributed by atoms with Crippen molar-refractivity contribution in [3.63, 3.8) is 0 Å². The highest BCUT2D eigenvalue weighted by Crippen LogP contribution is 2.42. The van der Waals surface area contributed by atoms with Gasteiger partial charge in [0.2, 0.25) is 0 Å². The van der Waals surface area contributed by atoms with Gasteiger partial charge in [-0.2, -0.15) is 0 Å². The minimum Gasteiger partial charge on any atom is -0.345 e. The van der Waals surface area contributed by atoms with Crippen LogP contribution in [0.2, 0.25) is 0 Å². The summed E-state index contributed by atoms with van der Waals surface area (Å²) in [6.45, 7) is 7.74. The minimum absolute atomic E-state index is 0.0716. The summed E-state index contributed by atoms with van der Waals surface area (Å²) in [4.78, 5) is 22.2. The number of imidazole rings is 1. The Hall–Kier alpha value is -3.40. The van der Waals surface area contributed by atoms with Gasteiger partial charge in [-0.15, -0.1) is 0 Å². The van der Waals surface area contributed by atoms with Crippen molar-refractivity contribution in [2.75, 3.05) is 4.90 Å². The molecule has 0 aliphatic carbocycles. The van der Waals surface area contributed by atoms with E-state index in [1.54, 1.807) is 23.4 Å². The lowest BCUT2D eigenvalue weighted by Crippen LogP contribution is -2.29. The average Bonchev–Trinajstić information content (AvgIpc) is 3.23. The molecule has 1 N–H and O–H groups in total. The predicted molar refractivity (Wildman–Crippen MR) is 100 cm³/mol. The second kappa shape index (κ2) is 5.91. The molecule has 4 rings (SSSR count). The van der Waals surface area contributed by atoms with Gasteiger partial charge in [0.05, 0.1) is 23.4 Å². The van der Waals surface area contributed by atoms with Crippen LogP contribution < -0.4 is 4.90 Å². The van der Waals surface area contributed by atoms with Crippen LogP contribution in [0.1, 0.15) is 11.6 Å². The van der Waals surface area contributed by atoms with Crippen molar-refractivity contribution < 1.29 is 4.79 Å². The lowest BCUT2D eigenvalue weighted by Gasteiger charge is -2.27. The monoisotopic (exact) mass is 327 g/mol. The van der Waals surface area contributed by atoms with Crippen LogP contribution >= 0.6 is 0 Å². The number of rotatable bonds is 4. The van der Waals surface area contributed by atoms with E-state index in [-0.39, 0.29) is 11.9 Å². The smallest absolute Gasteiger partial charge is 0.259 e. The Labute approximate surface area is 145 Å². The van der Waals surface area contributed by atoms with Gasteiger partial charge in [0.1, 0.15) is 0 Å². The molecule has 1 aliphatic rings. The number of carbonyl (C=O) groups excluding carboxylic acids is 1. The molecule has 1 aliphatic heterocycles. The number of amides is 1. The molecule has 1 aromatic heterocycles. The van der Waals surface area contributed by atoms with Gasteiger partial charge in [-0.3, -0.25) is 9.69 Å². The molecule has 122 valence electrons. The zero-order valence-corrected chi connectivity index (χ0v) is 13.6. The molecule has 4 heteroatoms. The van der Waals surface area contributed by atoms with Gasteiger partial charge in [-0.1, -0.05) is 55.6 Å². The van der Waals surface area contributed by atoms with Gasteiger partial charge in [-0.25, -0.2) is 4.98 Å². The number of nitrogens with one attached hydrogen (secondary N) is 1. The van der Waals surface area contributed by atoms with Crippen LogP contribution in [0.3, 0.4) is 0 Å². The summed E-state index contributed by atoms with van der Waals surface area (Å²) in [7, 11) is 0. The minimum atomic E-state index is -0.223. The van der Waals surface area contributed by atoms with Crippen LogP contribution in [0.5, 0.6) is 0 Å². The van der Waals surface area contributed by atoms with E-state index in [2.05, 4.69) is 23.1 Å². The molecule has 1 atom stereocenters. The van der Waals surface area contributed by atoms with Gasteiger partial charge in [-0.05, 0) is 29.3 Å². The molecule has 1 amide bonds. The van der Waals surface area contributed by atoms with E-state index in [1.165, 1.54) is 0 Å². The first-order valence-electron chi connectivity index (χ1n) is 8.05. The summed E-state index contributed by atoms with van der Waals surface area (Å²) in [5.74, 6) is -0.0716. The highest BCUT2D eigenvalue weighted by Gasteiger charge is 2.38. The van der Waals surface area contributed by atoms with E-state index in [1.807, 2.05) is 48.5 Å². The molecule has 2 heterocycles. The number of fused-ring (bicyclic) bond motifs is 1. The zero-order valence-electron chi connectivity index (χ0n) is 13.6. The van der Waals surface area contributed by atoms with E-state index >= 15 is 0 Å². The highest BCUT2D eigenvalue weighted by atomic mass is 16.2. The van der Waals surface area contributed by atoms with Crippen LogP contribution in [-0.4, -0.2) is 15.9 Å². The number of H-pyrrole nitrogens is 1. The summed E-state index contributed by atoms with van der Waals surface area (Å²) in [6, 6.07) is 15.5. The van der Waals surface area contributed by atoms with Crippen LogP contribution in [-0.2, 0) is 4.79 Å². The Morgan fingerprint density at radius 1 is 1.08 bits per heavy atom. The number of carbonyl (C=O) groups is 1. The number of hydrogen-bond acceptors (Lipinski definition) is 2. The number of benzene rings is 2. The number of nitrogens with zero attached hydrogens (tertiary/aromatic N) is 2. The third kappa shape index (κ3) is 2.31. The molecule has 25 heavy (non-hydrogen) atoms. The Morgan fingerprint density at radius 3 is 2.60 bits per heavy atom. The maximum absolute atomic E-state index is 13.1. The third-order valence-electron chi connectivity index (χ3n) is 4.53. The summed E-state index contributed by atoms with van der Waals surface area (Å²) < 4.78 is 0. The fourth-order valence-electron chi connectivity index (χ4n) is 3.39. The van der Waals surface area contributed by atoms with E-state index in [4.69, 9.17) is 0 Å². The van der Waals surface area contributed by atoms with E-state index in [0.29, 0.717) is 5.57 Å². The largest absolute Gasteiger partial charge is 0.345 e. The lowest BCUT2D eigenvalue weighted by molar-refractivity contribution is -0.114. The number of aromatic nitrogens is 2. The number of anilines is 1. The number of hydrogen-bond donors (Lipinski definition) is 1. The molecule has 0 saturated carbocycles. The van der Waals surface area contributed by atoms with E-state index in [0.717, 1.165) is 27.9 Å².